The van der Waals surface area contributed by atoms with E-state index in [4.69, 9.17) is 11.6 Å². The van der Waals surface area contributed by atoms with Crippen molar-refractivity contribution in [2.45, 2.75) is 0 Å². The van der Waals surface area contributed by atoms with Gasteiger partial charge in [-0.05, 0) is 29.6 Å². The predicted octanol–water partition coefficient (Wildman–Crippen LogP) is 5.37. The summed E-state index contributed by atoms with van der Waals surface area (Å²) in [5, 5.41) is 2.48. The van der Waals surface area contributed by atoms with E-state index in [2.05, 4.69) is 21.4 Å². The smallest absolute Gasteiger partial charge is 0.171 e. The van der Waals surface area contributed by atoms with Gasteiger partial charge in [0.25, 0.3) is 0 Å². The molecular formula is C14H6ClFN2S2. The van der Waals surface area contributed by atoms with Crippen LogP contribution in [0.4, 0.5) is 4.39 Å². The third-order valence-corrected chi connectivity index (χ3v) is 5.35. The molecule has 3 heterocycles. The van der Waals surface area contributed by atoms with E-state index in [1.165, 1.54) is 15.5 Å². The van der Waals surface area contributed by atoms with Gasteiger partial charge in [0.1, 0.15) is 11.0 Å². The van der Waals surface area contributed by atoms with Crippen LogP contribution in [-0.2, 0) is 0 Å². The minimum Gasteiger partial charge on any atom is -0.227 e. The molecule has 0 amide bonds. The van der Waals surface area contributed by atoms with Crippen LogP contribution in [-0.4, -0.2) is 9.97 Å². The number of hydrogen-bond donors (Lipinski definition) is 0. The molecular weight excluding hydrogens is 315 g/mol. The molecule has 0 N–H and O–H groups in total. The number of hydrogen-bond acceptors (Lipinski definition) is 4. The van der Waals surface area contributed by atoms with E-state index in [0.29, 0.717) is 11.3 Å². The summed E-state index contributed by atoms with van der Waals surface area (Å²) in [5.41, 5.74) is 0.525. The van der Waals surface area contributed by atoms with Crippen molar-refractivity contribution >= 4 is 54.6 Å². The molecule has 4 rings (SSSR count). The SMILES string of the molecule is Fc1cccc2nc(-c3cc4sccc4s3)nc(Cl)c12. The summed E-state index contributed by atoms with van der Waals surface area (Å²) < 4.78 is 16.1. The minimum absolute atomic E-state index is 0.153. The van der Waals surface area contributed by atoms with E-state index in [1.807, 2.05) is 6.07 Å². The molecule has 0 radical (unpaired) electrons. The molecule has 0 atom stereocenters. The van der Waals surface area contributed by atoms with Gasteiger partial charge in [-0.2, -0.15) is 0 Å². The number of benzene rings is 1. The van der Waals surface area contributed by atoms with Crippen LogP contribution in [0.3, 0.4) is 0 Å². The summed E-state index contributed by atoms with van der Waals surface area (Å²) in [5.74, 6) is 0.146. The maximum Gasteiger partial charge on any atom is 0.171 e. The lowest BCUT2D eigenvalue weighted by Gasteiger charge is -2.03. The summed E-state index contributed by atoms with van der Waals surface area (Å²) in [6.07, 6.45) is 0. The molecule has 0 saturated heterocycles. The van der Waals surface area contributed by atoms with Gasteiger partial charge in [0, 0.05) is 9.40 Å². The lowest BCUT2D eigenvalue weighted by molar-refractivity contribution is 0.639. The average Bonchev–Trinajstić information content (AvgIpc) is 2.98. The predicted molar refractivity (Wildman–Crippen MR) is 83.2 cm³/mol. The molecule has 0 bridgehead atoms. The van der Waals surface area contributed by atoms with E-state index in [9.17, 15) is 4.39 Å². The largest absolute Gasteiger partial charge is 0.227 e. The maximum atomic E-state index is 13.7. The van der Waals surface area contributed by atoms with Crippen LogP contribution in [0.15, 0.2) is 35.7 Å². The van der Waals surface area contributed by atoms with Crippen LogP contribution in [0.5, 0.6) is 0 Å². The van der Waals surface area contributed by atoms with Crippen molar-refractivity contribution in [3.05, 3.63) is 46.7 Å². The van der Waals surface area contributed by atoms with Crippen molar-refractivity contribution in [2.75, 3.05) is 0 Å². The average molecular weight is 321 g/mol. The first-order chi connectivity index (χ1) is 9.72. The highest BCUT2D eigenvalue weighted by molar-refractivity contribution is 7.28. The lowest BCUT2D eigenvalue weighted by Crippen LogP contribution is -1.92. The van der Waals surface area contributed by atoms with Crippen molar-refractivity contribution in [1.82, 2.24) is 9.97 Å². The third kappa shape index (κ3) is 1.82. The summed E-state index contributed by atoms with van der Waals surface area (Å²) in [7, 11) is 0. The molecule has 0 aliphatic rings. The molecule has 20 heavy (non-hydrogen) atoms. The highest BCUT2D eigenvalue weighted by Gasteiger charge is 2.13. The standard InChI is InChI=1S/C14H6ClFN2S2/c15-13-12-7(16)2-1-3-8(12)17-14(18-13)11-6-10-9(20-11)4-5-19-10/h1-6H. The molecule has 4 aromatic rings. The topological polar surface area (TPSA) is 25.8 Å². The zero-order valence-corrected chi connectivity index (χ0v) is 12.3. The fraction of sp³-hybridized carbons (Fsp3) is 0. The zero-order valence-electron chi connectivity index (χ0n) is 9.93. The minimum atomic E-state index is -0.397. The Bertz CT molecular complexity index is 916. The molecule has 98 valence electrons. The van der Waals surface area contributed by atoms with Crippen LogP contribution >= 0.6 is 34.3 Å². The quantitative estimate of drug-likeness (QED) is 0.441. The Balaban J connectivity index is 1.98. The van der Waals surface area contributed by atoms with Gasteiger partial charge >= 0.3 is 0 Å². The van der Waals surface area contributed by atoms with Crippen LogP contribution in [0.1, 0.15) is 0 Å². The molecule has 6 heteroatoms. The number of aromatic nitrogens is 2. The maximum absolute atomic E-state index is 13.7. The Morgan fingerprint density at radius 3 is 2.85 bits per heavy atom. The summed E-state index contributed by atoms with van der Waals surface area (Å²) in [6, 6.07) is 8.83. The number of nitrogens with zero attached hydrogens (tertiary/aromatic N) is 2. The summed E-state index contributed by atoms with van der Waals surface area (Å²) >= 11 is 9.39. The Hall–Kier alpha value is -1.56. The van der Waals surface area contributed by atoms with E-state index >= 15 is 0 Å². The van der Waals surface area contributed by atoms with Gasteiger partial charge in [0.05, 0.1) is 15.8 Å². The molecule has 3 aromatic heterocycles. The molecule has 0 spiro atoms. The van der Waals surface area contributed by atoms with Crippen LogP contribution in [0.25, 0.3) is 31.0 Å². The summed E-state index contributed by atoms with van der Waals surface area (Å²) in [4.78, 5) is 9.60. The van der Waals surface area contributed by atoms with Gasteiger partial charge in [0.2, 0.25) is 0 Å². The van der Waals surface area contributed by atoms with Gasteiger partial charge < -0.3 is 0 Å². The number of halogens is 2. The van der Waals surface area contributed by atoms with E-state index in [0.717, 1.165) is 4.88 Å². The molecule has 1 aromatic carbocycles. The van der Waals surface area contributed by atoms with Gasteiger partial charge in [-0.1, -0.05) is 17.7 Å². The Labute approximate surface area is 126 Å². The van der Waals surface area contributed by atoms with Crippen molar-refractivity contribution in [3.8, 4) is 10.7 Å². The van der Waals surface area contributed by atoms with Crippen molar-refractivity contribution in [2.24, 2.45) is 0 Å². The molecule has 0 aliphatic carbocycles. The fourth-order valence-electron chi connectivity index (χ4n) is 2.08. The second-order valence-corrected chi connectivity index (χ2v) is 6.62. The second kappa shape index (κ2) is 4.48. The monoisotopic (exact) mass is 320 g/mol. The second-order valence-electron chi connectivity index (χ2n) is 4.23. The van der Waals surface area contributed by atoms with Gasteiger partial charge in [-0.3, -0.25) is 0 Å². The normalized spacial score (nSPS) is 11.5. The number of fused-ring (bicyclic) bond motifs is 2. The molecule has 0 unspecified atom stereocenters. The van der Waals surface area contributed by atoms with Crippen molar-refractivity contribution in [1.29, 1.82) is 0 Å². The van der Waals surface area contributed by atoms with Crippen LogP contribution in [0.2, 0.25) is 5.15 Å². The van der Waals surface area contributed by atoms with Crippen molar-refractivity contribution in [3.63, 3.8) is 0 Å². The Morgan fingerprint density at radius 1 is 1.10 bits per heavy atom. The Morgan fingerprint density at radius 2 is 2.00 bits per heavy atom. The first kappa shape index (κ1) is 12.2. The first-order valence-corrected chi connectivity index (χ1v) is 7.89. The van der Waals surface area contributed by atoms with Gasteiger partial charge in [-0.15, -0.1) is 22.7 Å². The first-order valence-electron chi connectivity index (χ1n) is 5.81. The Kier molecular flexibility index (Phi) is 2.73. The molecule has 0 saturated carbocycles. The summed E-state index contributed by atoms with van der Waals surface area (Å²) in [6.45, 7) is 0. The molecule has 0 aliphatic heterocycles. The lowest BCUT2D eigenvalue weighted by atomic mass is 10.2. The van der Waals surface area contributed by atoms with Crippen LogP contribution in [0, 0.1) is 5.82 Å². The number of thiophene rings is 2. The molecule has 2 nitrogen and oxygen atoms in total. The van der Waals surface area contributed by atoms with E-state index in [1.54, 1.807) is 34.8 Å². The molecule has 0 fully saturated rings. The van der Waals surface area contributed by atoms with Gasteiger partial charge in [-0.25, -0.2) is 14.4 Å². The van der Waals surface area contributed by atoms with E-state index < -0.39 is 5.82 Å². The van der Waals surface area contributed by atoms with Crippen LogP contribution < -0.4 is 0 Å². The fourth-order valence-corrected chi connectivity index (χ4v) is 4.39. The highest BCUT2D eigenvalue weighted by Crippen LogP contribution is 2.36. The number of rotatable bonds is 1. The van der Waals surface area contributed by atoms with E-state index in [-0.39, 0.29) is 10.5 Å². The van der Waals surface area contributed by atoms with Gasteiger partial charge in [0.15, 0.2) is 5.82 Å². The third-order valence-electron chi connectivity index (χ3n) is 2.99. The zero-order chi connectivity index (χ0) is 13.7. The van der Waals surface area contributed by atoms with Crippen molar-refractivity contribution < 1.29 is 4.39 Å². The highest BCUT2D eigenvalue weighted by atomic mass is 35.5.